The van der Waals surface area contributed by atoms with Crippen molar-refractivity contribution in [3.05, 3.63) is 60.0 Å². The lowest BCUT2D eigenvalue weighted by atomic mass is 10.2. The number of hydrogen-bond donors (Lipinski definition) is 1. The molecular weight excluding hydrogens is 373 g/mol. The molecule has 6 nitrogen and oxygen atoms in total. The van der Waals surface area contributed by atoms with Crippen LogP contribution in [-0.2, 0) is 12.7 Å². The monoisotopic (exact) mass is 390 g/mol. The van der Waals surface area contributed by atoms with Crippen LogP contribution in [0.4, 0.5) is 19.0 Å². The zero-order valence-electron chi connectivity index (χ0n) is 15.1. The van der Waals surface area contributed by atoms with E-state index >= 15 is 0 Å². The van der Waals surface area contributed by atoms with Gasteiger partial charge in [-0.3, -0.25) is 4.98 Å². The van der Waals surface area contributed by atoms with E-state index in [9.17, 15) is 13.2 Å². The summed E-state index contributed by atoms with van der Waals surface area (Å²) in [5.41, 5.74) is 0.108. The van der Waals surface area contributed by atoms with Crippen molar-refractivity contribution in [2.75, 3.05) is 19.5 Å². The first kappa shape index (κ1) is 19.4. The molecule has 2 heterocycles. The molecule has 2 aromatic heterocycles. The van der Waals surface area contributed by atoms with E-state index in [2.05, 4.69) is 20.3 Å². The van der Waals surface area contributed by atoms with Crippen molar-refractivity contribution in [1.29, 1.82) is 0 Å². The lowest BCUT2D eigenvalue weighted by Crippen LogP contribution is -2.12. The second-order valence-corrected chi connectivity index (χ2v) is 5.70. The Hall–Kier alpha value is -3.36. The van der Waals surface area contributed by atoms with Crippen LogP contribution in [-0.4, -0.2) is 29.2 Å². The third kappa shape index (κ3) is 4.30. The van der Waals surface area contributed by atoms with Gasteiger partial charge in [0.2, 0.25) is 0 Å². The number of para-hydroxylation sites is 1. The van der Waals surface area contributed by atoms with Gasteiger partial charge in [-0.05, 0) is 18.2 Å². The van der Waals surface area contributed by atoms with E-state index in [-0.39, 0.29) is 18.2 Å². The third-order valence-corrected chi connectivity index (χ3v) is 3.90. The molecule has 0 spiro atoms. The number of ether oxygens (including phenoxy) is 2. The van der Waals surface area contributed by atoms with Gasteiger partial charge in [0.05, 0.1) is 14.2 Å². The number of benzene rings is 1. The number of alkyl halides is 3. The summed E-state index contributed by atoms with van der Waals surface area (Å²) < 4.78 is 50.4. The molecule has 0 saturated heterocycles. The number of aromatic nitrogens is 3. The fraction of sp³-hybridized carbons (Fsp3) is 0.211. The minimum atomic E-state index is -4.60. The summed E-state index contributed by atoms with van der Waals surface area (Å²) in [5.74, 6) is 1.02. The maximum absolute atomic E-state index is 13.3. The highest BCUT2D eigenvalue weighted by Crippen LogP contribution is 2.33. The topological polar surface area (TPSA) is 69.2 Å². The molecule has 146 valence electrons. The smallest absolute Gasteiger partial charge is 0.433 e. The summed E-state index contributed by atoms with van der Waals surface area (Å²) >= 11 is 0. The largest absolute Gasteiger partial charge is 0.493 e. The zero-order chi connectivity index (χ0) is 20.1. The molecule has 3 aromatic rings. The highest BCUT2D eigenvalue weighted by atomic mass is 19.4. The van der Waals surface area contributed by atoms with E-state index in [0.29, 0.717) is 22.6 Å². The Morgan fingerprint density at radius 3 is 2.39 bits per heavy atom. The molecule has 0 amide bonds. The molecule has 0 fully saturated rings. The van der Waals surface area contributed by atoms with Crippen molar-refractivity contribution in [3.63, 3.8) is 0 Å². The molecular formula is C19H17F3N4O2. The van der Waals surface area contributed by atoms with Crippen molar-refractivity contribution in [2.24, 2.45) is 0 Å². The van der Waals surface area contributed by atoms with Crippen LogP contribution in [0.5, 0.6) is 11.5 Å². The van der Waals surface area contributed by atoms with Crippen molar-refractivity contribution in [3.8, 4) is 22.9 Å². The maximum Gasteiger partial charge on any atom is 0.433 e. The maximum atomic E-state index is 13.3. The van der Waals surface area contributed by atoms with Crippen LogP contribution in [0.1, 0.15) is 11.3 Å². The quantitative estimate of drug-likeness (QED) is 0.681. The fourth-order valence-corrected chi connectivity index (χ4v) is 2.59. The number of halogens is 3. The fourth-order valence-electron chi connectivity index (χ4n) is 2.59. The molecule has 0 aliphatic rings. The van der Waals surface area contributed by atoms with Gasteiger partial charge in [0, 0.05) is 36.1 Å². The normalized spacial score (nSPS) is 11.2. The summed E-state index contributed by atoms with van der Waals surface area (Å²) in [6, 6.07) is 9.24. The Kier molecular flexibility index (Phi) is 5.62. The number of pyridine rings is 1. The van der Waals surface area contributed by atoms with Gasteiger partial charge in [-0.25, -0.2) is 9.97 Å². The van der Waals surface area contributed by atoms with Crippen LogP contribution in [0.15, 0.2) is 48.8 Å². The summed E-state index contributed by atoms with van der Waals surface area (Å²) in [6.07, 6.45) is -1.67. The number of rotatable bonds is 6. The van der Waals surface area contributed by atoms with Gasteiger partial charge in [0.15, 0.2) is 23.0 Å². The Morgan fingerprint density at radius 1 is 1.00 bits per heavy atom. The number of anilines is 1. The van der Waals surface area contributed by atoms with Crippen LogP contribution < -0.4 is 14.8 Å². The molecule has 0 saturated carbocycles. The summed E-state index contributed by atoms with van der Waals surface area (Å²) in [7, 11) is 3.01. The van der Waals surface area contributed by atoms with Crippen LogP contribution in [0.2, 0.25) is 0 Å². The predicted molar refractivity (Wildman–Crippen MR) is 97.1 cm³/mol. The molecule has 0 bridgehead atoms. The molecule has 0 radical (unpaired) electrons. The SMILES string of the molecule is COc1cccc(CNc2cc(C(F)(F)F)nc(-c3ccncc3)n2)c1OC. The second kappa shape index (κ2) is 8.12. The second-order valence-electron chi connectivity index (χ2n) is 5.70. The first-order valence-corrected chi connectivity index (χ1v) is 8.23. The average molecular weight is 390 g/mol. The van der Waals surface area contributed by atoms with Crippen LogP contribution in [0, 0.1) is 0 Å². The number of nitrogens with one attached hydrogen (secondary N) is 1. The van der Waals surface area contributed by atoms with Crippen LogP contribution >= 0.6 is 0 Å². The van der Waals surface area contributed by atoms with Gasteiger partial charge in [-0.2, -0.15) is 13.2 Å². The molecule has 3 rings (SSSR count). The van der Waals surface area contributed by atoms with Gasteiger partial charge in [0.1, 0.15) is 5.82 Å². The Morgan fingerprint density at radius 2 is 1.75 bits per heavy atom. The summed E-state index contributed by atoms with van der Waals surface area (Å²) in [6.45, 7) is 0.185. The third-order valence-electron chi connectivity index (χ3n) is 3.90. The van der Waals surface area contributed by atoms with Crippen molar-refractivity contribution in [1.82, 2.24) is 15.0 Å². The minimum absolute atomic E-state index is 0.0408. The summed E-state index contributed by atoms with van der Waals surface area (Å²) in [4.78, 5) is 11.7. The lowest BCUT2D eigenvalue weighted by molar-refractivity contribution is -0.141. The molecule has 0 aliphatic carbocycles. The molecule has 0 aliphatic heterocycles. The van der Waals surface area contributed by atoms with Gasteiger partial charge >= 0.3 is 6.18 Å². The first-order valence-electron chi connectivity index (χ1n) is 8.23. The standard InChI is InChI=1S/C19H17F3N4O2/c1-27-14-5-3-4-13(17(14)28-2)11-24-16-10-15(19(20,21)22)25-18(26-16)12-6-8-23-9-7-12/h3-10H,11H2,1-2H3,(H,24,25,26). The first-order chi connectivity index (χ1) is 13.4. The average Bonchev–Trinajstić information content (AvgIpc) is 2.71. The predicted octanol–water partition coefficient (Wildman–Crippen LogP) is 4.19. The Labute approximate surface area is 159 Å². The zero-order valence-corrected chi connectivity index (χ0v) is 15.1. The molecule has 9 heteroatoms. The molecule has 1 N–H and O–H groups in total. The number of hydrogen-bond acceptors (Lipinski definition) is 6. The van der Waals surface area contributed by atoms with Gasteiger partial charge < -0.3 is 14.8 Å². The minimum Gasteiger partial charge on any atom is -0.493 e. The van der Waals surface area contributed by atoms with E-state index in [4.69, 9.17) is 9.47 Å². The van der Waals surface area contributed by atoms with Crippen LogP contribution in [0.3, 0.4) is 0 Å². The lowest BCUT2D eigenvalue weighted by Gasteiger charge is -2.15. The van der Waals surface area contributed by atoms with E-state index in [1.165, 1.54) is 26.6 Å². The Bertz CT molecular complexity index is 950. The molecule has 0 atom stereocenters. The van der Waals surface area contributed by atoms with Gasteiger partial charge in [-0.15, -0.1) is 0 Å². The highest BCUT2D eigenvalue weighted by Gasteiger charge is 2.33. The molecule has 1 aromatic carbocycles. The Balaban J connectivity index is 1.94. The van der Waals surface area contributed by atoms with Crippen molar-refractivity contribution in [2.45, 2.75) is 12.7 Å². The highest BCUT2D eigenvalue weighted by molar-refractivity contribution is 5.57. The van der Waals surface area contributed by atoms with Crippen molar-refractivity contribution < 1.29 is 22.6 Å². The molecule has 28 heavy (non-hydrogen) atoms. The van der Waals surface area contributed by atoms with E-state index < -0.39 is 11.9 Å². The van der Waals surface area contributed by atoms with Gasteiger partial charge in [-0.1, -0.05) is 12.1 Å². The van der Waals surface area contributed by atoms with E-state index in [0.717, 1.165) is 6.07 Å². The summed E-state index contributed by atoms with van der Waals surface area (Å²) in [5, 5.41) is 2.91. The van der Waals surface area contributed by atoms with Crippen molar-refractivity contribution >= 4 is 5.82 Å². The number of methoxy groups -OCH3 is 2. The van der Waals surface area contributed by atoms with Gasteiger partial charge in [0.25, 0.3) is 0 Å². The molecule has 0 unspecified atom stereocenters. The van der Waals surface area contributed by atoms with Crippen LogP contribution in [0.25, 0.3) is 11.4 Å². The number of nitrogens with zero attached hydrogens (tertiary/aromatic N) is 3. The van der Waals surface area contributed by atoms with E-state index in [1.54, 1.807) is 30.3 Å². The van der Waals surface area contributed by atoms with E-state index in [1.807, 2.05) is 0 Å².